The molecule has 120 valence electrons. The smallest absolute Gasteiger partial charge is 0.243 e. The van der Waals surface area contributed by atoms with Gasteiger partial charge in [0.2, 0.25) is 10.0 Å². The maximum atomic E-state index is 12.8. The van der Waals surface area contributed by atoms with Crippen molar-refractivity contribution in [3.63, 3.8) is 0 Å². The summed E-state index contributed by atoms with van der Waals surface area (Å²) in [7, 11) is -3.41. The van der Waals surface area contributed by atoms with Gasteiger partial charge < -0.3 is 5.32 Å². The van der Waals surface area contributed by atoms with Gasteiger partial charge in [-0.1, -0.05) is 20.8 Å². The molecule has 0 amide bonds. The van der Waals surface area contributed by atoms with E-state index < -0.39 is 10.0 Å². The molecular formula is C16H28N2O2S. The Labute approximate surface area is 129 Å². The first-order chi connectivity index (χ1) is 9.88. The largest absolute Gasteiger partial charge is 0.385 e. The lowest BCUT2D eigenvalue weighted by Gasteiger charge is -2.23. The quantitative estimate of drug-likeness (QED) is 0.798. The van der Waals surface area contributed by atoms with E-state index in [-0.39, 0.29) is 0 Å². The lowest BCUT2D eigenvalue weighted by molar-refractivity contribution is 0.426. The Hall–Kier alpha value is -1.07. The van der Waals surface area contributed by atoms with Crippen molar-refractivity contribution >= 4 is 15.7 Å². The molecule has 0 saturated carbocycles. The SMILES string of the molecule is CCCNc1cc(C)c(S(=O)(=O)N(CC)CCC)c(C)c1. The summed E-state index contributed by atoms with van der Waals surface area (Å²) in [6.07, 6.45) is 1.86. The lowest BCUT2D eigenvalue weighted by atomic mass is 10.1. The molecule has 0 unspecified atom stereocenters. The topological polar surface area (TPSA) is 49.4 Å². The van der Waals surface area contributed by atoms with Crippen molar-refractivity contribution in [1.82, 2.24) is 4.31 Å². The Morgan fingerprint density at radius 1 is 1.05 bits per heavy atom. The third-order valence-electron chi connectivity index (χ3n) is 3.46. The number of aryl methyl sites for hydroxylation is 2. The predicted molar refractivity (Wildman–Crippen MR) is 89.4 cm³/mol. The summed E-state index contributed by atoms with van der Waals surface area (Å²) in [4.78, 5) is 0.458. The third-order valence-corrected chi connectivity index (χ3v) is 5.74. The van der Waals surface area contributed by atoms with Gasteiger partial charge in [0, 0.05) is 25.3 Å². The minimum absolute atomic E-state index is 0.458. The van der Waals surface area contributed by atoms with Gasteiger partial charge in [0.25, 0.3) is 0 Å². The summed E-state index contributed by atoms with van der Waals surface area (Å²) in [5.74, 6) is 0. The standard InChI is InChI=1S/C16H28N2O2S/c1-6-9-17-15-11-13(4)16(14(5)12-15)21(19,20)18(8-3)10-7-2/h11-12,17H,6-10H2,1-5H3. The van der Waals surface area contributed by atoms with Crippen LogP contribution < -0.4 is 5.32 Å². The van der Waals surface area contributed by atoms with Crippen LogP contribution in [0, 0.1) is 13.8 Å². The number of hydrogen-bond donors (Lipinski definition) is 1. The molecule has 0 aliphatic rings. The average molecular weight is 312 g/mol. The molecule has 1 rings (SSSR count). The van der Waals surface area contributed by atoms with Crippen molar-refractivity contribution in [2.45, 2.75) is 52.4 Å². The molecule has 0 saturated heterocycles. The molecule has 0 heterocycles. The molecule has 21 heavy (non-hydrogen) atoms. The van der Waals surface area contributed by atoms with Crippen LogP contribution in [0.15, 0.2) is 17.0 Å². The van der Waals surface area contributed by atoms with Crippen molar-refractivity contribution in [2.75, 3.05) is 25.0 Å². The van der Waals surface area contributed by atoms with Crippen molar-refractivity contribution in [3.05, 3.63) is 23.3 Å². The van der Waals surface area contributed by atoms with Crippen molar-refractivity contribution in [3.8, 4) is 0 Å². The molecule has 0 bridgehead atoms. The third kappa shape index (κ3) is 4.20. The van der Waals surface area contributed by atoms with E-state index >= 15 is 0 Å². The van der Waals surface area contributed by atoms with Gasteiger partial charge in [0.05, 0.1) is 4.90 Å². The van der Waals surface area contributed by atoms with E-state index in [0.29, 0.717) is 18.0 Å². The van der Waals surface area contributed by atoms with E-state index in [1.54, 1.807) is 4.31 Å². The van der Waals surface area contributed by atoms with Crippen LogP contribution in [0.5, 0.6) is 0 Å². The molecule has 0 fully saturated rings. The fourth-order valence-corrected chi connectivity index (χ4v) is 4.51. The molecule has 0 spiro atoms. The van der Waals surface area contributed by atoms with Crippen LogP contribution in [0.4, 0.5) is 5.69 Å². The summed E-state index contributed by atoms with van der Waals surface area (Å²) >= 11 is 0. The van der Waals surface area contributed by atoms with E-state index in [9.17, 15) is 8.42 Å². The Morgan fingerprint density at radius 2 is 1.62 bits per heavy atom. The number of nitrogens with one attached hydrogen (secondary N) is 1. The number of anilines is 1. The molecule has 1 aromatic rings. The molecule has 4 nitrogen and oxygen atoms in total. The van der Waals surface area contributed by atoms with Gasteiger partial charge in [-0.25, -0.2) is 8.42 Å². The highest BCUT2D eigenvalue weighted by Crippen LogP contribution is 2.27. The van der Waals surface area contributed by atoms with Crippen LogP contribution in [-0.2, 0) is 10.0 Å². The van der Waals surface area contributed by atoms with Gasteiger partial charge >= 0.3 is 0 Å². The minimum atomic E-state index is -3.41. The molecule has 0 atom stereocenters. The fourth-order valence-electron chi connectivity index (χ4n) is 2.56. The zero-order chi connectivity index (χ0) is 16.0. The molecule has 0 aliphatic carbocycles. The Kier molecular flexibility index (Phi) is 6.68. The second-order valence-corrected chi connectivity index (χ2v) is 7.24. The maximum absolute atomic E-state index is 12.8. The van der Waals surface area contributed by atoms with Crippen LogP contribution in [0.3, 0.4) is 0 Å². The first kappa shape index (κ1) is 18.0. The predicted octanol–water partition coefficient (Wildman–Crippen LogP) is 3.55. The summed E-state index contributed by atoms with van der Waals surface area (Å²) in [6, 6.07) is 3.85. The number of sulfonamides is 1. The monoisotopic (exact) mass is 312 g/mol. The second kappa shape index (κ2) is 7.80. The molecular weight excluding hydrogens is 284 g/mol. The maximum Gasteiger partial charge on any atom is 0.243 e. The van der Waals surface area contributed by atoms with E-state index in [2.05, 4.69) is 12.2 Å². The van der Waals surface area contributed by atoms with Crippen molar-refractivity contribution in [2.24, 2.45) is 0 Å². The van der Waals surface area contributed by atoms with Crippen LogP contribution in [-0.4, -0.2) is 32.4 Å². The van der Waals surface area contributed by atoms with Gasteiger partial charge in [0.1, 0.15) is 0 Å². The van der Waals surface area contributed by atoms with Crippen LogP contribution >= 0.6 is 0 Å². The minimum Gasteiger partial charge on any atom is -0.385 e. The lowest BCUT2D eigenvalue weighted by Crippen LogP contribution is -2.32. The Bertz CT molecular complexity index is 545. The Balaban J connectivity index is 3.24. The van der Waals surface area contributed by atoms with Crippen molar-refractivity contribution < 1.29 is 8.42 Å². The molecule has 0 aliphatic heterocycles. The summed E-state index contributed by atoms with van der Waals surface area (Å²) in [5.41, 5.74) is 2.61. The zero-order valence-corrected chi connectivity index (χ0v) is 14.7. The number of rotatable bonds is 8. The van der Waals surface area contributed by atoms with Crippen LogP contribution in [0.1, 0.15) is 44.7 Å². The normalized spacial score (nSPS) is 11.9. The van der Waals surface area contributed by atoms with E-state index in [1.165, 1.54) is 0 Å². The number of benzene rings is 1. The highest BCUT2D eigenvalue weighted by atomic mass is 32.2. The van der Waals surface area contributed by atoms with Gasteiger partial charge in [-0.05, 0) is 49.9 Å². The summed E-state index contributed by atoms with van der Waals surface area (Å²) < 4.78 is 27.2. The van der Waals surface area contributed by atoms with E-state index in [4.69, 9.17) is 0 Å². The second-order valence-electron chi connectivity index (χ2n) is 5.36. The first-order valence-corrected chi connectivity index (χ1v) is 9.17. The average Bonchev–Trinajstić information content (AvgIpc) is 2.41. The van der Waals surface area contributed by atoms with Crippen LogP contribution in [0.25, 0.3) is 0 Å². The van der Waals surface area contributed by atoms with Gasteiger partial charge in [-0.15, -0.1) is 0 Å². The first-order valence-electron chi connectivity index (χ1n) is 7.73. The fraction of sp³-hybridized carbons (Fsp3) is 0.625. The summed E-state index contributed by atoms with van der Waals surface area (Å²) in [5, 5.41) is 3.31. The van der Waals surface area contributed by atoms with Gasteiger partial charge in [-0.3, -0.25) is 0 Å². The highest BCUT2D eigenvalue weighted by molar-refractivity contribution is 7.89. The van der Waals surface area contributed by atoms with Crippen LogP contribution in [0.2, 0.25) is 0 Å². The number of hydrogen-bond acceptors (Lipinski definition) is 3. The molecule has 0 aromatic heterocycles. The molecule has 0 radical (unpaired) electrons. The molecule has 5 heteroatoms. The number of nitrogens with zero attached hydrogens (tertiary/aromatic N) is 1. The van der Waals surface area contributed by atoms with E-state index in [0.717, 1.165) is 36.2 Å². The van der Waals surface area contributed by atoms with E-state index in [1.807, 2.05) is 39.8 Å². The zero-order valence-electron chi connectivity index (χ0n) is 13.9. The van der Waals surface area contributed by atoms with Gasteiger partial charge in [-0.2, -0.15) is 4.31 Å². The molecule has 1 aromatic carbocycles. The Morgan fingerprint density at radius 3 is 2.05 bits per heavy atom. The summed E-state index contributed by atoms with van der Waals surface area (Å²) in [6.45, 7) is 11.7. The van der Waals surface area contributed by atoms with Crippen molar-refractivity contribution in [1.29, 1.82) is 0 Å². The highest BCUT2D eigenvalue weighted by Gasteiger charge is 2.26. The molecule has 1 N–H and O–H groups in total. The van der Waals surface area contributed by atoms with Gasteiger partial charge in [0.15, 0.2) is 0 Å².